The number of nitrogens with one attached hydrogen (secondary N) is 1. The highest BCUT2D eigenvalue weighted by Gasteiger charge is 1.67. The Labute approximate surface area is 33.5 Å². The molecule has 1 N–H and O–H groups in total. The van der Waals surface area contributed by atoms with Crippen LogP contribution in [0.2, 0.25) is 6.55 Å². The molecule has 0 amide bonds. The van der Waals surface area contributed by atoms with Gasteiger partial charge in [-0.15, -0.1) is 6.58 Å². The van der Waals surface area contributed by atoms with E-state index in [1.165, 1.54) is 0 Å². The zero-order chi connectivity index (χ0) is 4.28. The van der Waals surface area contributed by atoms with Crippen molar-refractivity contribution in [1.29, 1.82) is 5.05 Å². The molecule has 2 heteroatoms. The van der Waals surface area contributed by atoms with Gasteiger partial charge in [0.05, 0.1) is 0 Å². The van der Waals surface area contributed by atoms with Crippen LogP contribution in [-0.2, 0) is 0 Å². The summed E-state index contributed by atoms with van der Waals surface area (Å²) in [6, 6.07) is 0. The second kappa shape index (κ2) is 2.02. The number of rotatable bonds is 1. The summed E-state index contributed by atoms with van der Waals surface area (Å²) in [7, 11) is -0.860. The number of hydrogen-bond acceptors (Lipinski definition) is 1. The number of hydrogen-bond donors (Lipinski definition) is 1. The Morgan fingerprint density at radius 3 is 2.20 bits per heavy atom. The van der Waals surface area contributed by atoms with Gasteiger partial charge in [0.1, 0.15) is 8.59 Å². The van der Waals surface area contributed by atoms with Crippen LogP contribution in [0.5, 0.6) is 0 Å². The molecule has 0 saturated heterocycles. The Balaban J connectivity index is 3.20. The summed E-state index contributed by atoms with van der Waals surface area (Å²) in [5.74, 6) is 0. The third-order valence-electron chi connectivity index (χ3n) is 0.306. The molecule has 0 atom stereocenters. The quantitative estimate of drug-likeness (QED) is 0.462. The summed E-state index contributed by atoms with van der Waals surface area (Å²) >= 11 is 0. The molecule has 0 fully saturated rings. The van der Waals surface area contributed by atoms with E-state index in [2.05, 4.69) is 6.58 Å². The first kappa shape index (κ1) is 4.76. The molecule has 0 saturated carbocycles. The first-order valence-corrected chi connectivity index (χ1v) is 3.52. The van der Waals surface area contributed by atoms with Crippen LogP contribution in [-0.4, -0.2) is 8.59 Å². The zero-order valence-corrected chi connectivity index (χ0v) is 4.28. The Hall–Kier alpha value is -0.243. The molecule has 0 bridgehead atoms. The van der Waals surface area contributed by atoms with E-state index in [0.29, 0.717) is 0 Å². The van der Waals surface area contributed by atoms with Crippen molar-refractivity contribution in [3.8, 4) is 0 Å². The van der Waals surface area contributed by atoms with Gasteiger partial charge >= 0.3 is 0 Å². The van der Waals surface area contributed by atoms with E-state index in [1.54, 1.807) is 5.70 Å². The minimum Gasteiger partial charge on any atom is -0.347 e. The topological polar surface area (TPSA) is 23.9 Å². The Bertz CT molecular complexity index is 57.9. The van der Waals surface area contributed by atoms with Gasteiger partial charge in [0.2, 0.25) is 0 Å². The Morgan fingerprint density at radius 1 is 2.00 bits per heavy atom. The summed E-state index contributed by atoms with van der Waals surface area (Å²) in [4.78, 5) is 0. The third kappa shape index (κ3) is 3.76. The second-order valence-electron chi connectivity index (χ2n) is 0.887. The largest absolute Gasteiger partial charge is 0.347 e. The van der Waals surface area contributed by atoms with E-state index >= 15 is 0 Å². The van der Waals surface area contributed by atoms with Crippen molar-refractivity contribution in [1.82, 2.24) is 0 Å². The van der Waals surface area contributed by atoms with Crippen LogP contribution in [0.4, 0.5) is 0 Å². The molecule has 0 heterocycles. The highest BCUT2D eigenvalue weighted by Crippen LogP contribution is 1.59. The second-order valence-corrected chi connectivity index (χ2v) is 2.66. The van der Waals surface area contributed by atoms with Crippen molar-refractivity contribution >= 4 is 8.59 Å². The molecule has 0 unspecified atom stereocenters. The Kier molecular flexibility index (Phi) is 1.92. The Morgan fingerprint density at radius 2 is 2.20 bits per heavy atom. The molecule has 5 heavy (non-hydrogen) atoms. The highest BCUT2D eigenvalue weighted by molar-refractivity contribution is 6.48. The molecule has 0 aromatic carbocycles. The molecular weight excluding hydrogens is 78.1 g/mol. The van der Waals surface area contributed by atoms with Gasteiger partial charge in [-0.3, -0.25) is 0 Å². The maximum absolute atomic E-state index is 6.81. The molecule has 0 aliphatic heterocycles. The van der Waals surface area contributed by atoms with Crippen LogP contribution in [0.25, 0.3) is 0 Å². The van der Waals surface area contributed by atoms with Crippen molar-refractivity contribution in [2.45, 2.75) is 6.55 Å². The molecule has 28 valence electrons. The molecule has 0 rings (SSSR count). The summed E-state index contributed by atoms with van der Waals surface area (Å²) in [6.45, 7) is 5.29. The lowest BCUT2D eigenvalue weighted by molar-refractivity contribution is 1.57. The van der Waals surface area contributed by atoms with E-state index in [4.69, 9.17) is 5.05 Å². The average molecular weight is 85.2 g/mol. The molecule has 0 aliphatic carbocycles. The lowest BCUT2D eigenvalue weighted by Gasteiger charge is -1.65. The summed E-state index contributed by atoms with van der Waals surface area (Å²) in [5.41, 5.74) is 1.69. The summed E-state index contributed by atoms with van der Waals surface area (Å²) < 4.78 is 0. The van der Waals surface area contributed by atoms with Crippen LogP contribution < -0.4 is 0 Å². The van der Waals surface area contributed by atoms with Gasteiger partial charge in [-0.25, -0.2) is 0 Å². The minimum atomic E-state index is -0.860. The van der Waals surface area contributed by atoms with Gasteiger partial charge < -0.3 is 5.05 Å². The van der Waals surface area contributed by atoms with Crippen molar-refractivity contribution < 1.29 is 0 Å². The van der Waals surface area contributed by atoms with Crippen LogP contribution in [0.1, 0.15) is 0 Å². The van der Waals surface area contributed by atoms with Crippen LogP contribution in [0.15, 0.2) is 12.3 Å². The fraction of sp³-hybridized carbons (Fsp3) is 0.333. The van der Waals surface area contributed by atoms with Crippen molar-refractivity contribution in [3.05, 3.63) is 12.3 Å². The monoisotopic (exact) mass is 85.0 g/mol. The normalized spacial score (nSPS) is 6.60. The maximum atomic E-state index is 6.81. The molecule has 0 radical (unpaired) electrons. The molecule has 0 aliphatic rings. The van der Waals surface area contributed by atoms with Crippen molar-refractivity contribution in [2.24, 2.45) is 0 Å². The third-order valence-corrected chi connectivity index (χ3v) is 0.919. The fourth-order valence-corrected chi connectivity index (χ4v) is 0. The predicted octanol–water partition coefficient (Wildman–Crippen LogP) is 1.18. The highest BCUT2D eigenvalue weighted by atomic mass is 28.2. The van der Waals surface area contributed by atoms with E-state index in [-0.39, 0.29) is 0 Å². The minimum absolute atomic E-state index is 0.860. The summed E-state index contributed by atoms with van der Waals surface area (Å²) in [6.07, 6.45) is 0. The lowest BCUT2D eigenvalue weighted by Crippen LogP contribution is -1.76. The van der Waals surface area contributed by atoms with Crippen LogP contribution in [0.3, 0.4) is 0 Å². The van der Waals surface area contributed by atoms with Gasteiger partial charge in [0, 0.05) is 0 Å². The molecule has 0 aromatic heterocycles. The maximum Gasteiger partial charge on any atom is 0.139 e. The van der Waals surface area contributed by atoms with Gasteiger partial charge in [0.15, 0.2) is 0 Å². The van der Waals surface area contributed by atoms with Gasteiger partial charge in [-0.2, -0.15) is 0 Å². The van der Waals surface area contributed by atoms with Crippen molar-refractivity contribution in [3.63, 3.8) is 0 Å². The van der Waals surface area contributed by atoms with Gasteiger partial charge in [-0.1, -0.05) is 5.70 Å². The zero-order valence-electron chi connectivity index (χ0n) is 3.28. The van der Waals surface area contributed by atoms with E-state index < -0.39 is 8.59 Å². The molecule has 1 nitrogen and oxygen atoms in total. The van der Waals surface area contributed by atoms with E-state index in [9.17, 15) is 0 Å². The van der Waals surface area contributed by atoms with Gasteiger partial charge in [-0.05, 0) is 6.55 Å². The molecule has 0 aromatic rings. The average Bonchev–Trinajstić information content (AvgIpc) is 1.38. The van der Waals surface area contributed by atoms with Crippen LogP contribution >= 0.6 is 0 Å². The predicted molar refractivity (Wildman–Crippen MR) is 24.5 cm³/mol. The molecular formula is C3H7NSi. The van der Waals surface area contributed by atoms with E-state index in [0.717, 1.165) is 0 Å². The first-order valence-electron chi connectivity index (χ1n) is 1.45. The summed E-state index contributed by atoms with van der Waals surface area (Å²) in [5, 5.41) is 6.81. The fourth-order valence-electron chi connectivity index (χ4n) is 0. The first-order chi connectivity index (χ1) is 2.27. The molecule has 0 spiro atoms. The van der Waals surface area contributed by atoms with Crippen LogP contribution in [0, 0.1) is 5.05 Å². The SMILES string of the molecule is C=C[Si](C)=N. The lowest BCUT2D eigenvalue weighted by atomic mass is 11.3. The van der Waals surface area contributed by atoms with Crippen molar-refractivity contribution in [2.75, 3.05) is 0 Å². The smallest absolute Gasteiger partial charge is 0.139 e. The van der Waals surface area contributed by atoms with Gasteiger partial charge in [0.25, 0.3) is 0 Å². The standard InChI is InChI=1S/C3H7NSi/c1-3-5(2)4/h3-4H,1H2,2H3. The van der Waals surface area contributed by atoms with E-state index in [1.807, 2.05) is 6.55 Å².